The first-order valence-electron chi connectivity index (χ1n) is 8.22. The zero-order chi connectivity index (χ0) is 21.5. The molecule has 2 atom stereocenters. The Kier molecular flexibility index (Phi) is 8.43. The number of carbonyl (C=O) groups is 1. The van der Waals surface area contributed by atoms with Crippen molar-refractivity contribution < 1.29 is 35.5 Å². The van der Waals surface area contributed by atoms with Gasteiger partial charge in [-0.25, -0.2) is 17.5 Å². The van der Waals surface area contributed by atoms with Crippen LogP contribution in [0, 0.1) is 5.82 Å². The number of hydrogen-bond acceptors (Lipinski definition) is 4. The van der Waals surface area contributed by atoms with E-state index < -0.39 is 45.8 Å². The van der Waals surface area contributed by atoms with E-state index in [1.54, 1.807) is 6.92 Å². The van der Waals surface area contributed by atoms with Gasteiger partial charge in [-0.15, -0.1) is 0 Å². The number of nitrogens with two attached hydrogens (primary N) is 1. The molecule has 0 radical (unpaired) electrons. The molecule has 0 aliphatic rings. The molecular weight excluding hydrogens is 404 g/mol. The predicted octanol–water partition coefficient (Wildman–Crippen LogP) is 2.92. The molecule has 158 valence electrons. The number of carbonyl (C=O) groups excluding carboxylic acids is 1. The minimum absolute atomic E-state index is 0.0843. The molecule has 0 bridgehead atoms. The molecule has 1 amide bonds. The van der Waals surface area contributed by atoms with Gasteiger partial charge in [-0.3, -0.25) is 4.79 Å². The van der Waals surface area contributed by atoms with Crippen LogP contribution in [0.2, 0.25) is 0 Å². The third kappa shape index (κ3) is 9.70. The third-order valence-corrected chi connectivity index (χ3v) is 5.00. The molecule has 0 fully saturated rings. The van der Waals surface area contributed by atoms with E-state index in [9.17, 15) is 30.8 Å². The van der Waals surface area contributed by atoms with Crippen LogP contribution < -0.4 is 10.5 Å². The van der Waals surface area contributed by atoms with Gasteiger partial charge in [-0.1, -0.05) is 18.7 Å². The standard InChI is InChI=1S/C17H22F4N2O4S/c1-11(27-12(2)13-3-5-14(18)6-4-13)9-15(7-8-16(22)24)23-28(25,26)10-17(19,20)21/h3-6,12,15,23H,1,7-10H2,2H3,(H2,22,24)/t12-,15?/m1/s1. The fraction of sp³-hybridized carbons (Fsp3) is 0.471. The average Bonchev–Trinajstić information content (AvgIpc) is 2.50. The number of amides is 1. The van der Waals surface area contributed by atoms with E-state index in [0.717, 1.165) is 0 Å². The van der Waals surface area contributed by atoms with Crippen LogP contribution >= 0.6 is 0 Å². The number of alkyl halides is 3. The van der Waals surface area contributed by atoms with Gasteiger partial charge >= 0.3 is 6.18 Å². The minimum Gasteiger partial charge on any atom is -0.491 e. The van der Waals surface area contributed by atoms with E-state index in [1.807, 2.05) is 4.72 Å². The Hall–Kier alpha value is -2.14. The summed E-state index contributed by atoms with van der Waals surface area (Å²) >= 11 is 0. The Morgan fingerprint density at radius 2 is 1.86 bits per heavy atom. The fourth-order valence-corrected chi connectivity index (χ4v) is 3.63. The highest BCUT2D eigenvalue weighted by Gasteiger charge is 2.36. The van der Waals surface area contributed by atoms with Crippen LogP contribution in [0.4, 0.5) is 17.6 Å². The molecule has 0 aliphatic carbocycles. The normalized spacial score (nSPS) is 14.3. The second-order valence-electron chi connectivity index (χ2n) is 6.25. The Morgan fingerprint density at radius 3 is 2.36 bits per heavy atom. The van der Waals surface area contributed by atoms with Gasteiger partial charge in [0.2, 0.25) is 15.9 Å². The number of ether oxygens (including phenoxy) is 1. The van der Waals surface area contributed by atoms with Crippen molar-refractivity contribution >= 4 is 15.9 Å². The van der Waals surface area contributed by atoms with Gasteiger partial charge < -0.3 is 10.5 Å². The molecule has 0 aromatic heterocycles. The summed E-state index contributed by atoms with van der Waals surface area (Å²) in [5.41, 5.74) is 5.64. The summed E-state index contributed by atoms with van der Waals surface area (Å²) in [7, 11) is -4.68. The molecule has 1 aromatic rings. The van der Waals surface area contributed by atoms with Crippen LogP contribution in [0.1, 0.15) is 37.9 Å². The van der Waals surface area contributed by atoms with E-state index in [4.69, 9.17) is 10.5 Å². The van der Waals surface area contributed by atoms with E-state index >= 15 is 0 Å². The highest BCUT2D eigenvalue weighted by Crippen LogP contribution is 2.23. The number of halogens is 4. The minimum atomic E-state index is -4.91. The van der Waals surface area contributed by atoms with Crippen molar-refractivity contribution in [2.45, 2.75) is 44.5 Å². The first kappa shape index (κ1) is 23.9. The summed E-state index contributed by atoms with van der Waals surface area (Å²) in [5, 5.41) is 0. The largest absolute Gasteiger partial charge is 0.491 e. The summed E-state index contributed by atoms with van der Waals surface area (Å²) < 4.78 is 81.0. The Morgan fingerprint density at radius 1 is 1.29 bits per heavy atom. The summed E-state index contributed by atoms with van der Waals surface area (Å²) in [4.78, 5) is 11.0. The molecular formula is C17H22F4N2O4S. The molecule has 0 saturated heterocycles. The van der Waals surface area contributed by atoms with E-state index in [1.165, 1.54) is 24.3 Å². The SMILES string of the molecule is C=C(CC(CCC(N)=O)NS(=O)(=O)CC(F)(F)F)O[C@H](C)c1ccc(F)cc1. The third-order valence-electron chi connectivity index (χ3n) is 3.60. The van der Waals surface area contributed by atoms with Gasteiger partial charge in [-0.05, 0) is 31.0 Å². The zero-order valence-electron chi connectivity index (χ0n) is 15.1. The monoisotopic (exact) mass is 426 g/mol. The molecule has 0 saturated carbocycles. The van der Waals surface area contributed by atoms with E-state index in [-0.39, 0.29) is 25.0 Å². The molecule has 1 rings (SSSR count). The van der Waals surface area contributed by atoms with Crippen LogP contribution in [-0.2, 0) is 19.6 Å². The number of rotatable bonds is 11. The Labute approximate surface area is 160 Å². The molecule has 6 nitrogen and oxygen atoms in total. The van der Waals surface area contributed by atoms with Gasteiger partial charge in [0.25, 0.3) is 0 Å². The number of nitrogens with one attached hydrogen (secondary N) is 1. The Balaban J connectivity index is 2.77. The van der Waals surface area contributed by atoms with Gasteiger partial charge in [0.05, 0.1) is 5.76 Å². The van der Waals surface area contributed by atoms with Crippen molar-refractivity contribution in [1.29, 1.82) is 0 Å². The maximum absolute atomic E-state index is 13.0. The molecule has 11 heteroatoms. The number of sulfonamides is 1. The Bertz CT molecular complexity index is 779. The lowest BCUT2D eigenvalue weighted by Gasteiger charge is -2.22. The van der Waals surface area contributed by atoms with Crippen molar-refractivity contribution in [2.24, 2.45) is 5.73 Å². The molecule has 28 heavy (non-hydrogen) atoms. The summed E-state index contributed by atoms with van der Waals surface area (Å²) in [6, 6.07) is 4.39. The maximum atomic E-state index is 13.0. The number of hydrogen-bond donors (Lipinski definition) is 2. The molecule has 1 aromatic carbocycles. The predicted molar refractivity (Wildman–Crippen MR) is 94.9 cm³/mol. The quantitative estimate of drug-likeness (QED) is 0.420. The van der Waals surface area contributed by atoms with E-state index in [2.05, 4.69) is 6.58 Å². The fourth-order valence-electron chi connectivity index (χ4n) is 2.40. The second-order valence-corrected chi connectivity index (χ2v) is 8.00. The summed E-state index contributed by atoms with van der Waals surface area (Å²) in [5.74, 6) is -3.13. The van der Waals surface area contributed by atoms with Crippen molar-refractivity contribution in [3.05, 3.63) is 48.0 Å². The topological polar surface area (TPSA) is 98.5 Å². The maximum Gasteiger partial charge on any atom is 0.404 e. The van der Waals surface area contributed by atoms with Crippen LogP contribution in [-0.4, -0.2) is 32.3 Å². The van der Waals surface area contributed by atoms with Crippen LogP contribution in [0.3, 0.4) is 0 Å². The summed E-state index contributed by atoms with van der Waals surface area (Å²) in [6.07, 6.45) is -6.00. The molecule has 1 unspecified atom stereocenters. The first-order chi connectivity index (χ1) is 12.8. The average molecular weight is 426 g/mol. The number of primary amides is 1. The van der Waals surface area contributed by atoms with Crippen LogP contribution in [0.25, 0.3) is 0 Å². The van der Waals surface area contributed by atoms with Crippen molar-refractivity contribution in [2.75, 3.05) is 5.75 Å². The molecule has 0 heterocycles. The van der Waals surface area contributed by atoms with Gasteiger partial charge in [0.15, 0.2) is 5.75 Å². The van der Waals surface area contributed by atoms with Crippen molar-refractivity contribution in [3.63, 3.8) is 0 Å². The van der Waals surface area contributed by atoms with Crippen LogP contribution in [0.15, 0.2) is 36.6 Å². The highest BCUT2D eigenvalue weighted by atomic mass is 32.2. The van der Waals surface area contributed by atoms with Gasteiger partial charge in [0, 0.05) is 18.9 Å². The number of benzene rings is 1. The van der Waals surface area contributed by atoms with Crippen molar-refractivity contribution in [1.82, 2.24) is 4.72 Å². The lowest BCUT2D eigenvalue weighted by atomic mass is 10.1. The molecule has 0 spiro atoms. The van der Waals surface area contributed by atoms with Crippen LogP contribution in [0.5, 0.6) is 0 Å². The second kappa shape index (κ2) is 9.87. The van der Waals surface area contributed by atoms with Crippen molar-refractivity contribution in [3.8, 4) is 0 Å². The summed E-state index contributed by atoms with van der Waals surface area (Å²) in [6.45, 7) is 5.28. The molecule has 0 aliphatic heterocycles. The highest BCUT2D eigenvalue weighted by molar-refractivity contribution is 7.89. The first-order valence-corrected chi connectivity index (χ1v) is 9.87. The smallest absolute Gasteiger partial charge is 0.404 e. The van der Waals surface area contributed by atoms with Gasteiger partial charge in [-0.2, -0.15) is 13.2 Å². The van der Waals surface area contributed by atoms with E-state index in [0.29, 0.717) is 5.56 Å². The lowest BCUT2D eigenvalue weighted by Crippen LogP contribution is -2.40. The van der Waals surface area contributed by atoms with Gasteiger partial charge in [0.1, 0.15) is 11.9 Å². The molecule has 3 N–H and O–H groups in total. The zero-order valence-corrected chi connectivity index (χ0v) is 15.9. The lowest BCUT2D eigenvalue weighted by molar-refractivity contribution is -0.118.